The van der Waals surface area contributed by atoms with Gasteiger partial charge in [-0.1, -0.05) is 26.2 Å². The van der Waals surface area contributed by atoms with Gasteiger partial charge in [0.15, 0.2) is 0 Å². The van der Waals surface area contributed by atoms with Crippen LogP contribution in [-0.4, -0.2) is 9.55 Å². The molecule has 1 saturated carbocycles. The molecule has 0 saturated heterocycles. The van der Waals surface area contributed by atoms with Gasteiger partial charge in [-0.15, -0.1) is 0 Å². The van der Waals surface area contributed by atoms with Crippen LogP contribution >= 0.6 is 0 Å². The van der Waals surface area contributed by atoms with Crippen LogP contribution in [0.15, 0.2) is 18.2 Å². The number of benzene rings is 1. The zero-order valence-corrected chi connectivity index (χ0v) is 11.9. The van der Waals surface area contributed by atoms with E-state index in [9.17, 15) is 0 Å². The molecule has 1 fully saturated rings. The summed E-state index contributed by atoms with van der Waals surface area (Å²) in [5, 5.41) is 9.06. The monoisotopic (exact) mass is 268 g/mol. The third-order valence-electron chi connectivity index (χ3n) is 4.51. The Balaban J connectivity index is 2.02. The minimum Gasteiger partial charge on any atom is -0.369 e. The first-order valence-electron chi connectivity index (χ1n) is 7.27. The highest BCUT2D eigenvalue weighted by molar-refractivity contribution is 5.79. The van der Waals surface area contributed by atoms with Crippen molar-refractivity contribution < 1.29 is 0 Å². The van der Waals surface area contributed by atoms with Crippen LogP contribution in [0.25, 0.3) is 11.0 Å². The highest BCUT2D eigenvalue weighted by Crippen LogP contribution is 2.38. The summed E-state index contributed by atoms with van der Waals surface area (Å²) in [5.41, 5.74) is 8.90. The van der Waals surface area contributed by atoms with E-state index in [2.05, 4.69) is 22.5 Å². The number of anilines is 1. The molecule has 1 aromatic heterocycles. The van der Waals surface area contributed by atoms with Crippen molar-refractivity contribution in [2.75, 3.05) is 5.73 Å². The molecule has 4 heteroatoms. The van der Waals surface area contributed by atoms with Gasteiger partial charge in [0.2, 0.25) is 5.95 Å². The molecule has 0 bridgehead atoms. The lowest BCUT2D eigenvalue weighted by molar-refractivity contribution is 0.186. The number of nitrogens with zero attached hydrogens (tertiary/aromatic N) is 3. The van der Waals surface area contributed by atoms with Crippen molar-refractivity contribution in [3.63, 3.8) is 0 Å². The van der Waals surface area contributed by atoms with E-state index in [0.29, 0.717) is 16.9 Å². The number of aromatic nitrogens is 2. The fraction of sp³-hybridized carbons (Fsp3) is 0.500. The van der Waals surface area contributed by atoms with Crippen molar-refractivity contribution >= 4 is 17.0 Å². The Morgan fingerprint density at radius 3 is 2.80 bits per heavy atom. The van der Waals surface area contributed by atoms with Gasteiger partial charge in [-0.3, -0.25) is 0 Å². The van der Waals surface area contributed by atoms with E-state index in [1.807, 2.05) is 12.1 Å². The summed E-state index contributed by atoms with van der Waals surface area (Å²) in [7, 11) is 0. The minimum atomic E-state index is 0.294. The van der Waals surface area contributed by atoms with E-state index < -0.39 is 0 Å². The first kappa shape index (κ1) is 13.0. The first-order valence-corrected chi connectivity index (χ1v) is 7.27. The number of imidazole rings is 1. The summed E-state index contributed by atoms with van der Waals surface area (Å²) in [4.78, 5) is 4.42. The predicted molar refractivity (Wildman–Crippen MR) is 80.1 cm³/mol. The molecule has 2 aromatic rings. The Labute approximate surface area is 119 Å². The van der Waals surface area contributed by atoms with Gasteiger partial charge in [-0.25, -0.2) is 4.98 Å². The Kier molecular flexibility index (Phi) is 3.13. The van der Waals surface area contributed by atoms with E-state index >= 15 is 0 Å². The lowest BCUT2D eigenvalue weighted by Crippen LogP contribution is -2.26. The molecular weight excluding hydrogens is 248 g/mol. The number of rotatable bonds is 2. The third-order valence-corrected chi connectivity index (χ3v) is 4.51. The van der Waals surface area contributed by atoms with Gasteiger partial charge in [0, 0.05) is 6.54 Å². The molecule has 1 aliphatic rings. The fourth-order valence-corrected chi connectivity index (χ4v) is 3.32. The van der Waals surface area contributed by atoms with Gasteiger partial charge in [-0.2, -0.15) is 5.26 Å². The second kappa shape index (κ2) is 4.82. The van der Waals surface area contributed by atoms with Crippen molar-refractivity contribution in [2.24, 2.45) is 5.41 Å². The van der Waals surface area contributed by atoms with Gasteiger partial charge >= 0.3 is 0 Å². The normalized spacial score (nSPS) is 18.0. The van der Waals surface area contributed by atoms with Crippen LogP contribution in [0, 0.1) is 16.7 Å². The smallest absolute Gasteiger partial charge is 0.201 e. The molecule has 3 rings (SSSR count). The summed E-state index contributed by atoms with van der Waals surface area (Å²) >= 11 is 0. The second-order valence-electron chi connectivity index (χ2n) is 6.24. The molecule has 1 heterocycles. The Hall–Kier alpha value is -2.02. The number of nitrogen functional groups attached to an aromatic ring is 1. The van der Waals surface area contributed by atoms with Crippen LogP contribution in [0.2, 0.25) is 0 Å². The van der Waals surface area contributed by atoms with Crippen molar-refractivity contribution in [1.82, 2.24) is 9.55 Å². The van der Waals surface area contributed by atoms with Crippen LogP contribution < -0.4 is 5.73 Å². The lowest BCUT2D eigenvalue weighted by Gasteiger charge is -2.34. The van der Waals surface area contributed by atoms with Gasteiger partial charge in [-0.05, 0) is 36.5 Å². The van der Waals surface area contributed by atoms with E-state index in [0.717, 1.165) is 17.6 Å². The highest BCUT2D eigenvalue weighted by atomic mass is 15.2. The maximum atomic E-state index is 9.06. The largest absolute Gasteiger partial charge is 0.369 e. The molecule has 0 amide bonds. The summed E-state index contributed by atoms with van der Waals surface area (Å²) in [6.45, 7) is 3.23. The highest BCUT2D eigenvalue weighted by Gasteiger charge is 2.28. The number of hydrogen-bond donors (Lipinski definition) is 1. The molecule has 0 spiro atoms. The van der Waals surface area contributed by atoms with Gasteiger partial charge in [0.1, 0.15) is 0 Å². The minimum absolute atomic E-state index is 0.294. The summed E-state index contributed by atoms with van der Waals surface area (Å²) in [6.07, 6.45) is 6.42. The van der Waals surface area contributed by atoms with Crippen LogP contribution in [0.4, 0.5) is 5.95 Å². The van der Waals surface area contributed by atoms with E-state index in [4.69, 9.17) is 11.0 Å². The quantitative estimate of drug-likeness (QED) is 0.906. The van der Waals surface area contributed by atoms with E-state index in [-0.39, 0.29) is 0 Å². The first-order chi connectivity index (χ1) is 9.61. The molecular formula is C16H20N4. The number of nitrogens with two attached hydrogens (primary N) is 1. The van der Waals surface area contributed by atoms with E-state index in [1.54, 1.807) is 6.07 Å². The number of fused-ring (bicyclic) bond motifs is 1. The summed E-state index contributed by atoms with van der Waals surface area (Å²) < 4.78 is 2.08. The standard InChI is InChI=1S/C16H20N4/c1-16(7-3-2-4-8-16)11-20-14-9-12(10-17)5-6-13(14)19-15(20)18/h5-6,9H,2-4,7-8,11H2,1H3,(H2,18,19). The van der Waals surface area contributed by atoms with Crippen LogP contribution in [0.5, 0.6) is 0 Å². The average molecular weight is 268 g/mol. The van der Waals surface area contributed by atoms with Crippen molar-refractivity contribution in [2.45, 2.75) is 45.6 Å². The second-order valence-corrected chi connectivity index (χ2v) is 6.24. The summed E-state index contributed by atoms with van der Waals surface area (Å²) in [6, 6.07) is 7.75. The molecule has 2 N–H and O–H groups in total. The Bertz CT molecular complexity index is 672. The maximum Gasteiger partial charge on any atom is 0.201 e. The molecule has 20 heavy (non-hydrogen) atoms. The molecule has 1 aromatic carbocycles. The molecule has 1 aliphatic carbocycles. The molecule has 0 atom stereocenters. The van der Waals surface area contributed by atoms with Crippen LogP contribution in [0.3, 0.4) is 0 Å². The average Bonchev–Trinajstić information content (AvgIpc) is 2.75. The topological polar surface area (TPSA) is 67.6 Å². The Morgan fingerprint density at radius 1 is 1.35 bits per heavy atom. The zero-order chi connectivity index (χ0) is 14.2. The third kappa shape index (κ3) is 2.24. The zero-order valence-electron chi connectivity index (χ0n) is 11.9. The molecule has 0 aliphatic heterocycles. The lowest BCUT2D eigenvalue weighted by atomic mass is 9.75. The fourth-order valence-electron chi connectivity index (χ4n) is 3.32. The van der Waals surface area contributed by atoms with E-state index in [1.165, 1.54) is 32.1 Å². The van der Waals surface area contributed by atoms with Crippen molar-refractivity contribution in [1.29, 1.82) is 5.26 Å². The van der Waals surface area contributed by atoms with Crippen molar-refractivity contribution in [3.05, 3.63) is 23.8 Å². The molecule has 0 unspecified atom stereocenters. The van der Waals surface area contributed by atoms with Crippen LogP contribution in [-0.2, 0) is 6.54 Å². The molecule has 0 radical (unpaired) electrons. The maximum absolute atomic E-state index is 9.06. The molecule has 104 valence electrons. The van der Waals surface area contributed by atoms with Gasteiger partial charge in [0.25, 0.3) is 0 Å². The summed E-state index contributed by atoms with van der Waals surface area (Å²) in [5.74, 6) is 0.557. The Morgan fingerprint density at radius 2 is 2.10 bits per heavy atom. The van der Waals surface area contributed by atoms with Crippen molar-refractivity contribution in [3.8, 4) is 6.07 Å². The predicted octanol–water partition coefficient (Wildman–Crippen LogP) is 3.46. The van der Waals surface area contributed by atoms with Crippen LogP contribution in [0.1, 0.15) is 44.6 Å². The molecule has 4 nitrogen and oxygen atoms in total. The number of nitriles is 1. The van der Waals surface area contributed by atoms with Gasteiger partial charge in [0.05, 0.1) is 22.7 Å². The van der Waals surface area contributed by atoms with Gasteiger partial charge < -0.3 is 10.3 Å². The number of hydrogen-bond acceptors (Lipinski definition) is 3. The SMILES string of the molecule is CC1(Cn2c(N)nc3ccc(C#N)cc32)CCCCC1.